The monoisotopic (exact) mass is 341 g/mol. The lowest BCUT2D eigenvalue weighted by atomic mass is 10.1. The van der Waals surface area contributed by atoms with Crippen molar-refractivity contribution in [2.75, 3.05) is 32.7 Å². The van der Waals surface area contributed by atoms with Crippen molar-refractivity contribution in [1.29, 1.82) is 0 Å². The maximum absolute atomic E-state index is 12.3. The molecule has 1 aromatic carbocycles. The number of nitrogens with zero attached hydrogens (tertiary/aromatic N) is 2. The smallest absolute Gasteiger partial charge is 0.317 e. The lowest BCUT2D eigenvalue weighted by Gasteiger charge is -2.34. The minimum Gasteiger partial charge on any atom is -0.466 e. The molecule has 0 aliphatic carbocycles. The molecular formula is C20H27N3O2. The zero-order chi connectivity index (χ0) is 17.6. The molecule has 1 fully saturated rings. The molecule has 0 unspecified atom stereocenters. The zero-order valence-corrected chi connectivity index (χ0v) is 15.1. The van der Waals surface area contributed by atoms with E-state index in [0.717, 1.165) is 56.2 Å². The molecule has 0 saturated carbocycles. The van der Waals surface area contributed by atoms with Gasteiger partial charge in [-0.25, -0.2) is 4.79 Å². The van der Waals surface area contributed by atoms with Crippen LogP contribution in [0.2, 0.25) is 0 Å². The van der Waals surface area contributed by atoms with Crippen molar-refractivity contribution >= 4 is 6.03 Å². The van der Waals surface area contributed by atoms with E-state index in [1.807, 2.05) is 30.9 Å². The molecule has 1 aromatic heterocycles. The van der Waals surface area contributed by atoms with Crippen molar-refractivity contribution in [2.24, 2.45) is 0 Å². The van der Waals surface area contributed by atoms with Crippen molar-refractivity contribution in [3.8, 4) is 0 Å². The molecule has 0 radical (unpaired) electrons. The Labute approximate surface area is 149 Å². The van der Waals surface area contributed by atoms with E-state index in [0.29, 0.717) is 6.54 Å². The van der Waals surface area contributed by atoms with Gasteiger partial charge in [0.05, 0.1) is 0 Å². The molecule has 2 amide bonds. The first-order valence-electron chi connectivity index (χ1n) is 8.97. The van der Waals surface area contributed by atoms with Crippen molar-refractivity contribution < 1.29 is 9.21 Å². The molecule has 0 bridgehead atoms. The number of rotatable bonds is 5. The summed E-state index contributed by atoms with van der Waals surface area (Å²) in [5.74, 6) is 1.76. The number of piperazine rings is 1. The number of carbonyl (C=O) groups excluding carboxylic acids is 1. The Morgan fingerprint density at radius 3 is 2.48 bits per heavy atom. The quantitative estimate of drug-likeness (QED) is 0.909. The summed E-state index contributed by atoms with van der Waals surface area (Å²) in [6.07, 6.45) is 1.06. The Bertz CT molecular complexity index is 688. The number of hydrogen-bond acceptors (Lipinski definition) is 3. The van der Waals surface area contributed by atoms with E-state index in [2.05, 4.69) is 34.5 Å². The van der Waals surface area contributed by atoms with Crippen LogP contribution in [0.25, 0.3) is 0 Å². The average Bonchev–Trinajstić information content (AvgIpc) is 2.96. The largest absolute Gasteiger partial charge is 0.466 e. The number of hydrogen-bond donors (Lipinski definition) is 1. The molecule has 0 atom stereocenters. The highest BCUT2D eigenvalue weighted by atomic mass is 16.3. The van der Waals surface area contributed by atoms with Gasteiger partial charge in [0, 0.05) is 44.8 Å². The highest BCUT2D eigenvalue weighted by Gasteiger charge is 2.20. The van der Waals surface area contributed by atoms with Crippen molar-refractivity contribution in [3.05, 3.63) is 59.0 Å². The van der Waals surface area contributed by atoms with Gasteiger partial charge in [-0.3, -0.25) is 4.90 Å². The van der Waals surface area contributed by atoms with Gasteiger partial charge in [0.1, 0.15) is 11.5 Å². The predicted octanol–water partition coefficient (Wildman–Crippen LogP) is 2.97. The maximum Gasteiger partial charge on any atom is 0.317 e. The Kier molecular flexibility index (Phi) is 5.76. The van der Waals surface area contributed by atoms with E-state index < -0.39 is 0 Å². The van der Waals surface area contributed by atoms with Crippen LogP contribution in [0.3, 0.4) is 0 Å². The molecule has 2 heterocycles. The molecule has 134 valence electrons. The topological polar surface area (TPSA) is 48.7 Å². The van der Waals surface area contributed by atoms with Crippen molar-refractivity contribution in [3.63, 3.8) is 0 Å². The lowest BCUT2D eigenvalue weighted by molar-refractivity contribution is 0.140. The molecule has 1 aliphatic heterocycles. The number of furan rings is 1. The molecule has 2 aromatic rings. The molecule has 3 rings (SSSR count). The van der Waals surface area contributed by atoms with Gasteiger partial charge in [-0.2, -0.15) is 0 Å². The summed E-state index contributed by atoms with van der Waals surface area (Å²) >= 11 is 0. The SMILES string of the molecule is Cc1cc(CNC(=O)N2CCN(CCc3ccccc3)CC2)c(C)o1. The fourth-order valence-corrected chi connectivity index (χ4v) is 3.25. The Morgan fingerprint density at radius 1 is 1.12 bits per heavy atom. The van der Waals surface area contributed by atoms with E-state index >= 15 is 0 Å². The fraction of sp³-hybridized carbons (Fsp3) is 0.450. The third kappa shape index (κ3) is 4.86. The second kappa shape index (κ2) is 8.21. The summed E-state index contributed by atoms with van der Waals surface area (Å²) < 4.78 is 5.50. The van der Waals surface area contributed by atoms with E-state index in [-0.39, 0.29) is 6.03 Å². The molecule has 25 heavy (non-hydrogen) atoms. The van der Waals surface area contributed by atoms with Crippen LogP contribution < -0.4 is 5.32 Å². The molecule has 1 aliphatic rings. The van der Waals surface area contributed by atoms with E-state index in [9.17, 15) is 4.79 Å². The Balaban J connectivity index is 1.39. The number of carbonyl (C=O) groups is 1. The van der Waals surface area contributed by atoms with Gasteiger partial charge in [-0.15, -0.1) is 0 Å². The number of urea groups is 1. The third-order valence-corrected chi connectivity index (χ3v) is 4.79. The predicted molar refractivity (Wildman–Crippen MR) is 98.6 cm³/mol. The molecule has 1 saturated heterocycles. The summed E-state index contributed by atoms with van der Waals surface area (Å²) in [7, 11) is 0. The van der Waals surface area contributed by atoms with Crippen LogP contribution in [-0.2, 0) is 13.0 Å². The summed E-state index contributed by atoms with van der Waals surface area (Å²) in [5.41, 5.74) is 2.42. The third-order valence-electron chi connectivity index (χ3n) is 4.79. The maximum atomic E-state index is 12.3. The van der Waals surface area contributed by atoms with E-state index in [4.69, 9.17) is 4.42 Å². The summed E-state index contributed by atoms with van der Waals surface area (Å²) in [5, 5.41) is 3.00. The van der Waals surface area contributed by atoms with Gasteiger partial charge >= 0.3 is 6.03 Å². The van der Waals surface area contributed by atoms with Crippen LogP contribution in [0.5, 0.6) is 0 Å². The number of aryl methyl sites for hydroxylation is 2. The normalized spacial score (nSPS) is 15.4. The molecule has 5 heteroatoms. The summed E-state index contributed by atoms with van der Waals surface area (Å²) in [4.78, 5) is 16.7. The van der Waals surface area contributed by atoms with Gasteiger partial charge in [-0.1, -0.05) is 30.3 Å². The first kappa shape index (κ1) is 17.5. The van der Waals surface area contributed by atoms with E-state index in [1.165, 1.54) is 5.56 Å². The number of benzene rings is 1. The van der Waals surface area contributed by atoms with Gasteiger partial charge in [0.25, 0.3) is 0 Å². The molecular weight excluding hydrogens is 314 g/mol. The summed E-state index contributed by atoms with van der Waals surface area (Å²) in [6, 6.07) is 12.6. The van der Waals surface area contributed by atoms with Gasteiger partial charge in [0.2, 0.25) is 0 Å². The van der Waals surface area contributed by atoms with Gasteiger partial charge in [-0.05, 0) is 31.9 Å². The van der Waals surface area contributed by atoms with E-state index in [1.54, 1.807) is 0 Å². The average molecular weight is 341 g/mol. The Morgan fingerprint density at radius 2 is 1.84 bits per heavy atom. The van der Waals surface area contributed by atoms with Gasteiger partial charge in [0.15, 0.2) is 0 Å². The number of amides is 2. The minimum absolute atomic E-state index is 0.0148. The molecule has 0 spiro atoms. The van der Waals surface area contributed by atoms with Gasteiger partial charge < -0.3 is 14.6 Å². The first-order valence-corrected chi connectivity index (χ1v) is 8.97. The van der Waals surface area contributed by atoms with Crippen LogP contribution in [-0.4, -0.2) is 48.6 Å². The van der Waals surface area contributed by atoms with Crippen LogP contribution in [0.4, 0.5) is 4.79 Å². The second-order valence-corrected chi connectivity index (χ2v) is 6.66. The van der Waals surface area contributed by atoms with Crippen LogP contribution >= 0.6 is 0 Å². The Hall–Kier alpha value is -2.27. The fourth-order valence-electron chi connectivity index (χ4n) is 3.25. The zero-order valence-electron chi connectivity index (χ0n) is 15.1. The summed E-state index contributed by atoms with van der Waals surface area (Å²) in [6.45, 7) is 8.86. The molecule has 1 N–H and O–H groups in total. The van der Waals surface area contributed by atoms with Crippen molar-refractivity contribution in [1.82, 2.24) is 15.1 Å². The van der Waals surface area contributed by atoms with Crippen molar-refractivity contribution in [2.45, 2.75) is 26.8 Å². The standard InChI is InChI=1S/C20H27N3O2/c1-16-14-19(17(2)25-16)15-21-20(24)23-12-10-22(11-13-23)9-8-18-6-4-3-5-7-18/h3-7,14H,8-13,15H2,1-2H3,(H,21,24). The lowest BCUT2D eigenvalue weighted by Crippen LogP contribution is -2.51. The van der Waals surface area contributed by atoms with Crippen LogP contribution in [0.15, 0.2) is 40.8 Å². The highest BCUT2D eigenvalue weighted by Crippen LogP contribution is 2.13. The highest BCUT2D eigenvalue weighted by molar-refractivity contribution is 5.74. The molecule has 5 nitrogen and oxygen atoms in total. The minimum atomic E-state index is 0.0148. The first-order chi connectivity index (χ1) is 12.1. The number of nitrogens with one attached hydrogen (secondary N) is 1. The van der Waals surface area contributed by atoms with Crippen LogP contribution in [0.1, 0.15) is 22.6 Å². The van der Waals surface area contributed by atoms with Crippen LogP contribution in [0, 0.1) is 13.8 Å². The second-order valence-electron chi connectivity index (χ2n) is 6.66.